The fourth-order valence-corrected chi connectivity index (χ4v) is 1.41. The topological polar surface area (TPSA) is 93.1 Å². The molecule has 0 aliphatic heterocycles. The number of aliphatic hydroxyl groups is 2. The van der Waals surface area contributed by atoms with E-state index in [0.29, 0.717) is 0 Å². The molecule has 6 nitrogen and oxygen atoms in total. The maximum absolute atomic E-state index is 10.8. The van der Waals surface area contributed by atoms with Crippen molar-refractivity contribution in [3.8, 4) is 0 Å². The number of rotatable bonds is 6. The van der Waals surface area contributed by atoms with Crippen molar-refractivity contribution in [2.75, 3.05) is 7.11 Å². The third kappa shape index (κ3) is 5.51. The Morgan fingerprint density at radius 2 is 1.79 bits per heavy atom. The molecule has 0 amide bonds. The summed E-state index contributed by atoms with van der Waals surface area (Å²) in [7, 11) is -3.08. The molecular formula is C7H16O6S. The smallest absolute Gasteiger partial charge is 0.393 e. The summed E-state index contributed by atoms with van der Waals surface area (Å²) in [6.07, 6.45) is -2.68. The van der Waals surface area contributed by atoms with Crippen LogP contribution in [0.3, 0.4) is 0 Å². The van der Waals surface area contributed by atoms with Crippen LogP contribution in [0.15, 0.2) is 0 Å². The second-order valence-corrected chi connectivity index (χ2v) is 4.37. The minimum atomic E-state index is -4.04. The molecule has 14 heavy (non-hydrogen) atoms. The Hall–Kier alpha value is -0.210. The second kappa shape index (κ2) is 5.62. The number of hydrogen-bond acceptors (Lipinski definition) is 6. The SMILES string of the molecule is COS(=O)(=O)OC(C)C(O)CC(C)O. The highest BCUT2D eigenvalue weighted by Gasteiger charge is 2.23. The van der Waals surface area contributed by atoms with E-state index < -0.39 is 28.7 Å². The Morgan fingerprint density at radius 3 is 2.14 bits per heavy atom. The van der Waals surface area contributed by atoms with Gasteiger partial charge in [0.15, 0.2) is 0 Å². The minimum Gasteiger partial charge on any atom is -0.393 e. The lowest BCUT2D eigenvalue weighted by Crippen LogP contribution is -2.31. The number of hydrogen-bond donors (Lipinski definition) is 2. The first kappa shape index (κ1) is 13.8. The van der Waals surface area contributed by atoms with Crippen LogP contribution in [0.2, 0.25) is 0 Å². The van der Waals surface area contributed by atoms with Gasteiger partial charge < -0.3 is 10.2 Å². The molecule has 3 atom stereocenters. The van der Waals surface area contributed by atoms with Gasteiger partial charge in [0.1, 0.15) is 6.10 Å². The van der Waals surface area contributed by atoms with Gasteiger partial charge in [-0.05, 0) is 13.8 Å². The van der Waals surface area contributed by atoms with Crippen LogP contribution in [-0.4, -0.2) is 44.1 Å². The molecule has 0 radical (unpaired) electrons. The maximum atomic E-state index is 10.8. The molecule has 0 aromatic rings. The van der Waals surface area contributed by atoms with Crippen molar-refractivity contribution < 1.29 is 27.0 Å². The number of aliphatic hydroxyl groups excluding tert-OH is 2. The summed E-state index contributed by atoms with van der Waals surface area (Å²) in [5.41, 5.74) is 0. The fourth-order valence-electron chi connectivity index (χ4n) is 0.830. The van der Waals surface area contributed by atoms with E-state index in [4.69, 9.17) is 5.11 Å². The van der Waals surface area contributed by atoms with Gasteiger partial charge in [0.2, 0.25) is 0 Å². The normalized spacial score (nSPS) is 18.9. The lowest BCUT2D eigenvalue weighted by molar-refractivity contribution is 0.00965. The van der Waals surface area contributed by atoms with E-state index in [9.17, 15) is 13.5 Å². The summed E-state index contributed by atoms with van der Waals surface area (Å²) >= 11 is 0. The molecule has 0 heterocycles. The molecule has 0 rings (SSSR count). The van der Waals surface area contributed by atoms with Crippen molar-refractivity contribution in [2.24, 2.45) is 0 Å². The van der Waals surface area contributed by atoms with Crippen molar-refractivity contribution in [3.63, 3.8) is 0 Å². The highest BCUT2D eigenvalue weighted by Crippen LogP contribution is 2.09. The molecule has 3 unspecified atom stereocenters. The van der Waals surface area contributed by atoms with Gasteiger partial charge in [-0.25, -0.2) is 4.18 Å². The van der Waals surface area contributed by atoms with Crippen molar-refractivity contribution in [3.05, 3.63) is 0 Å². The first-order valence-electron chi connectivity index (χ1n) is 4.13. The highest BCUT2D eigenvalue weighted by molar-refractivity contribution is 7.81. The van der Waals surface area contributed by atoms with Crippen LogP contribution >= 0.6 is 0 Å². The second-order valence-electron chi connectivity index (χ2n) is 3.03. The Labute approximate surface area is 83.8 Å². The van der Waals surface area contributed by atoms with Crippen LogP contribution in [0.25, 0.3) is 0 Å². The van der Waals surface area contributed by atoms with Crippen LogP contribution in [0.4, 0.5) is 0 Å². The molecule has 7 heteroatoms. The third-order valence-electron chi connectivity index (χ3n) is 1.60. The Morgan fingerprint density at radius 1 is 1.29 bits per heavy atom. The van der Waals surface area contributed by atoms with E-state index in [2.05, 4.69) is 8.37 Å². The quantitative estimate of drug-likeness (QED) is 0.631. The van der Waals surface area contributed by atoms with Crippen LogP contribution in [-0.2, 0) is 18.8 Å². The molecule has 0 saturated heterocycles. The van der Waals surface area contributed by atoms with Gasteiger partial charge in [-0.2, -0.15) is 8.42 Å². The van der Waals surface area contributed by atoms with E-state index >= 15 is 0 Å². The van der Waals surface area contributed by atoms with E-state index in [0.717, 1.165) is 7.11 Å². The molecule has 0 bridgehead atoms. The summed E-state index contributed by atoms with van der Waals surface area (Å²) < 4.78 is 30.0. The van der Waals surface area contributed by atoms with Gasteiger partial charge in [-0.15, -0.1) is 0 Å². The van der Waals surface area contributed by atoms with Gasteiger partial charge in [-0.3, -0.25) is 4.18 Å². The Kier molecular flexibility index (Phi) is 5.53. The zero-order valence-corrected chi connectivity index (χ0v) is 9.19. The van der Waals surface area contributed by atoms with E-state index in [1.54, 1.807) is 0 Å². The van der Waals surface area contributed by atoms with E-state index in [-0.39, 0.29) is 6.42 Å². The lowest BCUT2D eigenvalue weighted by Gasteiger charge is -2.19. The lowest BCUT2D eigenvalue weighted by atomic mass is 10.1. The summed E-state index contributed by atoms with van der Waals surface area (Å²) in [6, 6.07) is 0. The van der Waals surface area contributed by atoms with E-state index in [1.165, 1.54) is 13.8 Å². The molecule has 0 aliphatic carbocycles. The van der Waals surface area contributed by atoms with Gasteiger partial charge in [0.05, 0.1) is 19.3 Å². The predicted octanol–water partition coefficient (Wildman–Crippen LogP) is -0.586. The summed E-state index contributed by atoms with van der Waals surface area (Å²) in [5.74, 6) is 0. The molecule has 86 valence electrons. The molecule has 0 aromatic carbocycles. The zero-order valence-electron chi connectivity index (χ0n) is 8.37. The zero-order chi connectivity index (χ0) is 11.4. The summed E-state index contributed by atoms with van der Waals surface area (Å²) in [4.78, 5) is 0. The van der Waals surface area contributed by atoms with Crippen LogP contribution in [0, 0.1) is 0 Å². The molecule has 0 aliphatic rings. The standard InChI is InChI=1S/C7H16O6S/c1-5(8)4-7(9)6(2)13-14(10,11)12-3/h5-9H,4H2,1-3H3. The van der Waals surface area contributed by atoms with Crippen molar-refractivity contribution >= 4 is 10.4 Å². The Bertz CT molecular complexity index is 247. The molecule has 0 spiro atoms. The molecule has 0 fully saturated rings. The maximum Gasteiger partial charge on any atom is 0.399 e. The summed E-state index contributed by atoms with van der Waals surface area (Å²) in [5, 5.41) is 18.3. The van der Waals surface area contributed by atoms with Crippen LogP contribution in [0.5, 0.6) is 0 Å². The largest absolute Gasteiger partial charge is 0.399 e. The van der Waals surface area contributed by atoms with Crippen molar-refractivity contribution in [1.29, 1.82) is 0 Å². The average molecular weight is 228 g/mol. The van der Waals surface area contributed by atoms with Crippen molar-refractivity contribution in [2.45, 2.75) is 38.6 Å². The average Bonchev–Trinajstić information content (AvgIpc) is 2.02. The summed E-state index contributed by atoms with van der Waals surface area (Å²) in [6.45, 7) is 2.87. The monoisotopic (exact) mass is 228 g/mol. The highest BCUT2D eigenvalue weighted by atomic mass is 32.3. The predicted molar refractivity (Wildman–Crippen MR) is 48.8 cm³/mol. The van der Waals surface area contributed by atoms with Gasteiger partial charge in [0.25, 0.3) is 0 Å². The van der Waals surface area contributed by atoms with Crippen LogP contribution < -0.4 is 0 Å². The van der Waals surface area contributed by atoms with E-state index in [1.807, 2.05) is 0 Å². The molecular weight excluding hydrogens is 212 g/mol. The van der Waals surface area contributed by atoms with Crippen molar-refractivity contribution in [1.82, 2.24) is 0 Å². The van der Waals surface area contributed by atoms with Crippen LogP contribution in [0.1, 0.15) is 20.3 Å². The minimum absolute atomic E-state index is 0.0421. The fraction of sp³-hybridized carbons (Fsp3) is 1.00. The van der Waals surface area contributed by atoms with Gasteiger partial charge in [-0.1, -0.05) is 0 Å². The Balaban J connectivity index is 4.14. The molecule has 2 N–H and O–H groups in total. The molecule has 0 saturated carbocycles. The van der Waals surface area contributed by atoms with Gasteiger partial charge >= 0.3 is 10.4 Å². The first-order valence-corrected chi connectivity index (χ1v) is 5.46. The molecule has 0 aromatic heterocycles. The van der Waals surface area contributed by atoms with Gasteiger partial charge in [0, 0.05) is 6.42 Å². The first-order chi connectivity index (χ1) is 6.28. The third-order valence-corrected chi connectivity index (χ3v) is 2.55.